The zero-order valence-corrected chi connectivity index (χ0v) is 11.4. The standard InChI is InChI=1S/C8H9BrN2O2S2/c1-6(5-10)11(2)15(12,13)8-7(9)3-4-14-8/h3-4,6H,1-2H3. The zero-order chi connectivity index (χ0) is 11.6. The van der Waals surface area contributed by atoms with Crippen molar-refractivity contribution in [1.29, 1.82) is 5.26 Å². The second-order valence-corrected chi connectivity index (χ2v) is 6.85. The number of nitriles is 1. The predicted octanol–water partition coefficient (Wildman–Crippen LogP) is 2.04. The summed E-state index contributed by atoms with van der Waals surface area (Å²) < 4.78 is 25.8. The molecule has 1 rings (SSSR count). The maximum Gasteiger partial charge on any atom is 0.254 e. The molecule has 0 amide bonds. The summed E-state index contributed by atoms with van der Waals surface area (Å²) in [7, 11) is -2.16. The number of rotatable bonds is 3. The zero-order valence-electron chi connectivity index (χ0n) is 8.14. The topological polar surface area (TPSA) is 61.2 Å². The molecule has 7 heteroatoms. The lowest BCUT2D eigenvalue weighted by molar-refractivity contribution is 0.443. The molecule has 4 nitrogen and oxygen atoms in total. The summed E-state index contributed by atoms with van der Waals surface area (Å²) in [4.78, 5) is 0. The van der Waals surface area contributed by atoms with Gasteiger partial charge in [0.15, 0.2) is 0 Å². The Bertz CT molecular complexity index is 489. The first-order chi connectivity index (χ1) is 6.91. The maximum atomic E-state index is 12.0. The molecule has 1 aromatic heterocycles. The van der Waals surface area contributed by atoms with Crippen LogP contribution in [0.2, 0.25) is 0 Å². The highest BCUT2D eigenvalue weighted by Gasteiger charge is 2.28. The third-order valence-corrected chi connectivity index (χ3v) is 6.51. The highest BCUT2D eigenvalue weighted by molar-refractivity contribution is 9.10. The van der Waals surface area contributed by atoms with Gasteiger partial charge in [-0.05, 0) is 34.3 Å². The molecule has 1 atom stereocenters. The Morgan fingerprint density at radius 2 is 2.27 bits per heavy atom. The molecule has 0 fully saturated rings. The molecule has 0 radical (unpaired) electrons. The lowest BCUT2D eigenvalue weighted by Gasteiger charge is -2.18. The van der Waals surface area contributed by atoms with E-state index in [9.17, 15) is 8.42 Å². The first-order valence-corrected chi connectivity index (χ1v) is 7.13. The first-order valence-electron chi connectivity index (χ1n) is 4.02. The molecule has 0 aliphatic rings. The van der Waals surface area contributed by atoms with Crippen molar-refractivity contribution in [2.45, 2.75) is 17.2 Å². The molecule has 1 unspecified atom stereocenters. The van der Waals surface area contributed by atoms with Gasteiger partial charge >= 0.3 is 0 Å². The van der Waals surface area contributed by atoms with Crippen LogP contribution in [0, 0.1) is 11.3 Å². The minimum absolute atomic E-state index is 0.229. The van der Waals surface area contributed by atoms with Gasteiger partial charge in [-0.3, -0.25) is 0 Å². The highest BCUT2D eigenvalue weighted by Crippen LogP contribution is 2.30. The Hall–Kier alpha value is -0.420. The summed E-state index contributed by atoms with van der Waals surface area (Å²) in [5.74, 6) is 0. The molecule has 0 N–H and O–H groups in total. The molecule has 0 spiro atoms. The predicted molar refractivity (Wildman–Crippen MR) is 62.0 cm³/mol. The van der Waals surface area contributed by atoms with E-state index in [4.69, 9.17) is 5.26 Å². The fourth-order valence-corrected chi connectivity index (χ4v) is 4.64. The van der Waals surface area contributed by atoms with E-state index in [0.717, 1.165) is 15.6 Å². The van der Waals surface area contributed by atoms with E-state index in [1.807, 2.05) is 6.07 Å². The highest BCUT2D eigenvalue weighted by atomic mass is 79.9. The first kappa shape index (κ1) is 12.6. The van der Waals surface area contributed by atoms with Gasteiger partial charge in [-0.1, -0.05) is 0 Å². The normalized spacial score (nSPS) is 13.8. The van der Waals surface area contributed by atoms with Crippen LogP contribution in [-0.2, 0) is 10.0 Å². The van der Waals surface area contributed by atoms with Crippen molar-refractivity contribution < 1.29 is 8.42 Å². The van der Waals surface area contributed by atoms with Crippen LogP contribution < -0.4 is 0 Å². The number of hydrogen-bond donors (Lipinski definition) is 0. The quantitative estimate of drug-likeness (QED) is 0.858. The van der Waals surface area contributed by atoms with Gasteiger partial charge in [0.25, 0.3) is 10.0 Å². The fourth-order valence-electron chi connectivity index (χ4n) is 0.884. The molecule has 0 saturated heterocycles. The third kappa shape index (κ3) is 2.39. The summed E-state index contributed by atoms with van der Waals surface area (Å²) in [6, 6.07) is 2.88. The van der Waals surface area contributed by atoms with Crippen LogP contribution >= 0.6 is 27.3 Å². The van der Waals surface area contributed by atoms with Crippen molar-refractivity contribution in [3.8, 4) is 6.07 Å². The number of thiophene rings is 1. The van der Waals surface area contributed by atoms with Crippen LogP contribution in [0.15, 0.2) is 20.1 Å². The Labute approximate surface area is 101 Å². The molecular weight excluding hydrogens is 300 g/mol. The number of halogens is 1. The molecule has 0 aliphatic carbocycles. The Balaban J connectivity index is 3.16. The van der Waals surface area contributed by atoms with Gasteiger partial charge in [-0.25, -0.2) is 8.42 Å². The van der Waals surface area contributed by atoms with Gasteiger partial charge in [0.05, 0.1) is 6.07 Å². The van der Waals surface area contributed by atoms with E-state index in [2.05, 4.69) is 15.9 Å². The SMILES string of the molecule is CC(C#N)N(C)S(=O)(=O)c1sccc1Br. The van der Waals surface area contributed by atoms with E-state index in [1.165, 1.54) is 7.05 Å². The summed E-state index contributed by atoms with van der Waals surface area (Å²) in [5, 5.41) is 10.4. The third-order valence-electron chi connectivity index (χ3n) is 1.93. The molecule has 0 saturated carbocycles. The van der Waals surface area contributed by atoms with Gasteiger partial charge in [0.1, 0.15) is 10.3 Å². The Morgan fingerprint density at radius 3 is 2.67 bits per heavy atom. The van der Waals surface area contributed by atoms with Crippen LogP contribution in [0.25, 0.3) is 0 Å². The van der Waals surface area contributed by atoms with Crippen molar-refractivity contribution in [3.05, 3.63) is 15.9 Å². The number of nitrogens with zero attached hydrogens (tertiary/aromatic N) is 2. The number of sulfonamides is 1. The molecule has 0 aromatic carbocycles. The van der Waals surface area contributed by atoms with Crippen molar-refractivity contribution in [1.82, 2.24) is 4.31 Å². The average molecular weight is 309 g/mol. The fraction of sp³-hybridized carbons (Fsp3) is 0.375. The molecule has 1 aromatic rings. The maximum absolute atomic E-state index is 12.0. The van der Waals surface area contributed by atoms with E-state index < -0.39 is 16.1 Å². The van der Waals surface area contributed by atoms with Gasteiger partial charge in [-0.15, -0.1) is 11.3 Å². The number of hydrogen-bond acceptors (Lipinski definition) is 4. The summed E-state index contributed by atoms with van der Waals surface area (Å²) in [6.07, 6.45) is 0. The van der Waals surface area contributed by atoms with E-state index >= 15 is 0 Å². The monoisotopic (exact) mass is 308 g/mol. The second kappa shape index (κ2) is 4.61. The minimum Gasteiger partial charge on any atom is -0.206 e. The van der Waals surface area contributed by atoms with E-state index in [-0.39, 0.29) is 4.21 Å². The smallest absolute Gasteiger partial charge is 0.206 e. The van der Waals surface area contributed by atoms with Crippen LogP contribution in [0.5, 0.6) is 0 Å². The van der Waals surface area contributed by atoms with Crippen LogP contribution in [0.4, 0.5) is 0 Å². The molecular formula is C8H9BrN2O2S2. The van der Waals surface area contributed by atoms with Gasteiger partial charge in [0.2, 0.25) is 0 Å². The Morgan fingerprint density at radius 1 is 1.67 bits per heavy atom. The van der Waals surface area contributed by atoms with Crippen LogP contribution in [-0.4, -0.2) is 25.8 Å². The van der Waals surface area contributed by atoms with Crippen molar-refractivity contribution in [2.24, 2.45) is 0 Å². The van der Waals surface area contributed by atoms with Crippen LogP contribution in [0.3, 0.4) is 0 Å². The molecule has 0 bridgehead atoms. The van der Waals surface area contributed by atoms with Gasteiger partial charge < -0.3 is 0 Å². The summed E-state index contributed by atoms with van der Waals surface area (Å²) in [6.45, 7) is 1.54. The average Bonchev–Trinajstić information content (AvgIpc) is 2.62. The molecule has 0 aliphatic heterocycles. The summed E-state index contributed by atoms with van der Waals surface area (Å²) >= 11 is 4.29. The van der Waals surface area contributed by atoms with Gasteiger partial charge in [0, 0.05) is 11.5 Å². The molecule has 1 heterocycles. The largest absolute Gasteiger partial charge is 0.254 e. The van der Waals surface area contributed by atoms with Crippen molar-refractivity contribution in [3.63, 3.8) is 0 Å². The minimum atomic E-state index is -3.56. The van der Waals surface area contributed by atoms with Crippen molar-refractivity contribution >= 4 is 37.3 Å². The lowest BCUT2D eigenvalue weighted by atomic mass is 10.4. The summed E-state index contributed by atoms with van der Waals surface area (Å²) in [5.41, 5.74) is 0. The van der Waals surface area contributed by atoms with Crippen LogP contribution in [0.1, 0.15) is 6.92 Å². The Kier molecular flexibility index (Phi) is 3.89. The van der Waals surface area contributed by atoms with E-state index in [1.54, 1.807) is 18.4 Å². The molecule has 15 heavy (non-hydrogen) atoms. The van der Waals surface area contributed by atoms with Gasteiger partial charge in [-0.2, -0.15) is 9.57 Å². The second-order valence-electron chi connectivity index (χ2n) is 2.88. The van der Waals surface area contributed by atoms with E-state index in [0.29, 0.717) is 4.47 Å². The van der Waals surface area contributed by atoms with Crippen molar-refractivity contribution in [2.75, 3.05) is 7.05 Å². The lowest BCUT2D eigenvalue weighted by Crippen LogP contribution is -2.33. The molecule has 82 valence electrons.